The van der Waals surface area contributed by atoms with Gasteiger partial charge in [-0.05, 0) is 53.6 Å². The smallest absolute Gasteiger partial charge is 0.0741 e. The molecule has 0 amide bonds. The molecule has 0 bridgehead atoms. The van der Waals surface area contributed by atoms with Crippen molar-refractivity contribution in [1.82, 2.24) is 4.90 Å². The molecule has 15 heavy (non-hydrogen) atoms. The molecule has 0 saturated heterocycles. The summed E-state index contributed by atoms with van der Waals surface area (Å²) in [5.74, 6) is 0. The van der Waals surface area contributed by atoms with Gasteiger partial charge in [0.2, 0.25) is 0 Å². The van der Waals surface area contributed by atoms with E-state index < -0.39 is 5.60 Å². The zero-order valence-corrected chi connectivity index (χ0v) is 11.0. The van der Waals surface area contributed by atoms with Crippen molar-refractivity contribution >= 4 is 0 Å². The number of nitrogens with two attached hydrogens (primary N) is 1. The third-order valence-corrected chi connectivity index (χ3v) is 3.55. The first-order chi connectivity index (χ1) is 6.75. The summed E-state index contributed by atoms with van der Waals surface area (Å²) in [6, 6.07) is 0. The third kappa shape index (κ3) is 5.50. The van der Waals surface area contributed by atoms with E-state index in [9.17, 15) is 5.11 Å². The highest BCUT2D eigenvalue weighted by molar-refractivity contribution is 4.79. The lowest BCUT2D eigenvalue weighted by molar-refractivity contribution is 0.0501. The molecular weight excluding hydrogens is 188 g/mol. The highest BCUT2D eigenvalue weighted by atomic mass is 16.3. The van der Waals surface area contributed by atoms with Crippen molar-refractivity contribution in [3.05, 3.63) is 0 Å². The van der Waals surface area contributed by atoms with E-state index in [1.54, 1.807) is 6.92 Å². The van der Waals surface area contributed by atoms with Gasteiger partial charge in [0.15, 0.2) is 0 Å². The fourth-order valence-corrected chi connectivity index (χ4v) is 1.37. The van der Waals surface area contributed by atoms with Gasteiger partial charge in [-0.15, -0.1) is 0 Å². The molecule has 0 aliphatic rings. The molecule has 0 aromatic heterocycles. The zero-order valence-electron chi connectivity index (χ0n) is 11.0. The molecule has 1 unspecified atom stereocenters. The SMILES string of the molecule is CCC(C)(C)N(C)CCCC(C)(O)CN. The Labute approximate surface area is 94.6 Å². The first kappa shape index (κ1) is 14.9. The van der Waals surface area contributed by atoms with Gasteiger partial charge in [0, 0.05) is 12.1 Å². The second kappa shape index (κ2) is 5.83. The summed E-state index contributed by atoms with van der Waals surface area (Å²) < 4.78 is 0. The molecule has 1 atom stereocenters. The van der Waals surface area contributed by atoms with E-state index in [4.69, 9.17) is 5.73 Å². The Morgan fingerprint density at radius 1 is 1.27 bits per heavy atom. The lowest BCUT2D eigenvalue weighted by Gasteiger charge is -2.35. The first-order valence-electron chi connectivity index (χ1n) is 5.89. The van der Waals surface area contributed by atoms with Crippen LogP contribution < -0.4 is 5.73 Å². The maximum absolute atomic E-state index is 9.75. The van der Waals surface area contributed by atoms with Gasteiger partial charge in [-0.1, -0.05) is 6.92 Å². The Morgan fingerprint density at radius 3 is 2.20 bits per heavy atom. The lowest BCUT2D eigenvalue weighted by atomic mass is 9.97. The molecule has 3 heteroatoms. The lowest BCUT2D eigenvalue weighted by Crippen LogP contribution is -2.42. The molecule has 0 aromatic rings. The average Bonchev–Trinajstić information content (AvgIpc) is 2.17. The summed E-state index contributed by atoms with van der Waals surface area (Å²) in [6.45, 7) is 9.84. The van der Waals surface area contributed by atoms with Gasteiger partial charge in [-0.2, -0.15) is 0 Å². The van der Waals surface area contributed by atoms with Crippen molar-refractivity contribution in [2.45, 2.75) is 58.1 Å². The third-order valence-electron chi connectivity index (χ3n) is 3.55. The summed E-state index contributed by atoms with van der Waals surface area (Å²) >= 11 is 0. The Morgan fingerprint density at radius 2 is 1.80 bits per heavy atom. The average molecular weight is 216 g/mol. The van der Waals surface area contributed by atoms with Crippen LogP contribution in [0.2, 0.25) is 0 Å². The Hall–Kier alpha value is -0.120. The van der Waals surface area contributed by atoms with E-state index in [1.807, 2.05) is 0 Å². The number of hydrogen-bond donors (Lipinski definition) is 2. The summed E-state index contributed by atoms with van der Waals surface area (Å²) in [5.41, 5.74) is 5.02. The van der Waals surface area contributed by atoms with E-state index in [-0.39, 0.29) is 5.54 Å². The van der Waals surface area contributed by atoms with Gasteiger partial charge in [0.1, 0.15) is 0 Å². The second-order valence-corrected chi connectivity index (χ2v) is 5.39. The maximum atomic E-state index is 9.75. The standard InChI is InChI=1S/C12H28N2O/c1-6-11(2,3)14(5)9-7-8-12(4,15)10-13/h15H,6-10,13H2,1-5H3. The van der Waals surface area contributed by atoms with E-state index in [0.717, 1.165) is 25.8 Å². The van der Waals surface area contributed by atoms with Gasteiger partial charge in [0.05, 0.1) is 5.60 Å². The van der Waals surface area contributed by atoms with Gasteiger partial charge < -0.3 is 15.7 Å². The number of nitrogens with zero attached hydrogens (tertiary/aromatic N) is 1. The van der Waals surface area contributed by atoms with Crippen molar-refractivity contribution in [3.8, 4) is 0 Å². The van der Waals surface area contributed by atoms with Crippen LogP contribution in [0.4, 0.5) is 0 Å². The summed E-state index contributed by atoms with van der Waals surface area (Å²) in [5, 5.41) is 9.75. The number of hydrogen-bond acceptors (Lipinski definition) is 3. The van der Waals surface area contributed by atoms with Crippen molar-refractivity contribution in [3.63, 3.8) is 0 Å². The minimum absolute atomic E-state index is 0.245. The minimum atomic E-state index is -0.697. The fourth-order valence-electron chi connectivity index (χ4n) is 1.37. The predicted molar refractivity (Wildman–Crippen MR) is 65.9 cm³/mol. The minimum Gasteiger partial charge on any atom is -0.389 e. The Bertz CT molecular complexity index is 178. The van der Waals surface area contributed by atoms with Crippen LogP contribution in [0.3, 0.4) is 0 Å². The summed E-state index contributed by atoms with van der Waals surface area (Å²) in [7, 11) is 2.14. The van der Waals surface area contributed by atoms with Crippen LogP contribution >= 0.6 is 0 Å². The van der Waals surface area contributed by atoms with Crippen molar-refractivity contribution in [2.75, 3.05) is 20.1 Å². The first-order valence-corrected chi connectivity index (χ1v) is 5.89. The topological polar surface area (TPSA) is 49.5 Å². The number of aliphatic hydroxyl groups is 1. The predicted octanol–water partition coefficient (Wildman–Crippen LogP) is 1.60. The second-order valence-electron chi connectivity index (χ2n) is 5.39. The molecule has 0 spiro atoms. The molecular formula is C12H28N2O. The van der Waals surface area contributed by atoms with Crippen LogP contribution in [-0.4, -0.2) is 41.3 Å². The molecule has 0 aromatic carbocycles. The molecule has 0 aliphatic heterocycles. The number of rotatable bonds is 7. The molecule has 0 heterocycles. The summed E-state index contributed by atoms with van der Waals surface area (Å²) in [6.07, 6.45) is 2.90. The van der Waals surface area contributed by atoms with E-state index in [0.29, 0.717) is 6.54 Å². The molecule has 3 nitrogen and oxygen atoms in total. The van der Waals surface area contributed by atoms with Crippen LogP contribution in [0.15, 0.2) is 0 Å². The van der Waals surface area contributed by atoms with Crippen LogP contribution in [0.1, 0.15) is 47.0 Å². The van der Waals surface area contributed by atoms with Crippen molar-refractivity contribution in [1.29, 1.82) is 0 Å². The summed E-state index contributed by atoms with van der Waals surface area (Å²) in [4.78, 5) is 2.35. The quantitative estimate of drug-likeness (QED) is 0.679. The van der Waals surface area contributed by atoms with Crippen LogP contribution in [0, 0.1) is 0 Å². The highest BCUT2D eigenvalue weighted by Gasteiger charge is 2.22. The molecule has 0 aliphatic carbocycles. The van der Waals surface area contributed by atoms with E-state index in [2.05, 4.69) is 32.7 Å². The normalized spacial score (nSPS) is 16.8. The van der Waals surface area contributed by atoms with Gasteiger partial charge in [0.25, 0.3) is 0 Å². The van der Waals surface area contributed by atoms with Gasteiger partial charge >= 0.3 is 0 Å². The Kier molecular flexibility index (Phi) is 5.78. The highest BCUT2D eigenvalue weighted by Crippen LogP contribution is 2.18. The molecule has 3 N–H and O–H groups in total. The molecule has 92 valence electrons. The van der Waals surface area contributed by atoms with Crippen LogP contribution in [0.25, 0.3) is 0 Å². The van der Waals surface area contributed by atoms with E-state index >= 15 is 0 Å². The molecule has 0 radical (unpaired) electrons. The maximum Gasteiger partial charge on any atom is 0.0741 e. The molecule has 0 fully saturated rings. The fraction of sp³-hybridized carbons (Fsp3) is 1.00. The monoisotopic (exact) mass is 216 g/mol. The largest absolute Gasteiger partial charge is 0.389 e. The molecule has 0 rings (SSSR count). The van der Waals surface area contributed by atoms with Crippen LogP contribution in [0.5, 0.6) is 0 Å². The van der Waals surface area contributed by atoms with Gasteiger partial charge in [-0.3, -0.25) is 0 Å². The van der Waals surface area contributed by atoms with Gasteiger partial charge in [-0.25, -0.2) is 0 Å². The zero-order chi connectivity index (χ0) is 12.1. The van der Waals surface area contributed by atoms with E-state index in [1.165, 1.54) is 0 Å². The van der Waals surface area contributed by atoms with Crippen LogP contribution in [-0.2, 0) is 0 Å². The van der Waals surface area contributed by atoms with Crippen molar-refractivity contribution in [2.24, 2.45) is 5.73 Å². The Balaban J connectivity index is 3.87. The molecule has 0 saturated carbocycles. The van der Waals surface area contributed by atoms with Crippen molar-refractivity contribution < 1.29 is 5.11 Å².